The number of carboxylic acid groups (broad SMARTS) is 1. The Morgan fingerprint density at radius 3 is 0.945 bits per heavy atom. The Morgan fingerprint density at radius 1 is 0.370 bits per heavy atom. The highest BCUT2D eigenvalue weighted by Gasteiger charge is 2.34. The van der Waals surface area contributed by atoms with Gasteiger partial charge in [-0.1, -0.05) is 15.3 Å². The quantitative estimate of drug-likeness (QED) is 0.0224. The highest BCUT2D eigenvalue weighted by atomic mass is 16.6. The summed E-state index contributed by atoms with van der Waals surface area (Å²) in [4.78, 5) is 69.7. The van der Waals surface area contributed by atoms with Gasteiger partial charge in [0, 0.05) is 73.3 Å². The fourth-order valence-corrected chi connectivity index (χ4v) is 5.22. The molecule has 0 aliphatic rings. The monoisotopic (exact) mass is 1050 g/mol. The second-order valence-corrected chi connectivity index (χ2v) is 14.5. The predicted octanol–water partition coefficient (Wildman–Crippen LogP) is -0.408. The van der Waals surface area contributed by atoms with Crippen molar-refractivity contribution in [2.45, 2.75) is 24.8 Å². The van der Waals surface area contributed by atoms with Crippen molar-refractivity contribution in [2.75, 3.05) is 211 Å². The molecule has 0 bridgehead atoms. The van der Waals surface area contributed by atoms with Gasteiger partial charge < -0.3 is 88.0 Å². The van der Waals surface area contributed by atoms with Crippen LogP contribution in [0.3, 0.4) is 0 Å². The lowest BCUT2D eigenvalue weighted by molar-refractivity contribution is -0.145. The molecule has 0 radical (unpaired) electrons. The lowest BCUT2D eigenvalue weighted by Gasteiger charge is -2.34. The summed E-state index contributed by atoms with van der Waals surface area (Å²) in [5.41, 5.74) is 23.3. The molecule has 0 aromatic carbocycles. The molecule has 0 heterocycles. The maximum atomic E-state index is 13.1. The summed E-state index contributed by atoms with van der Waals surface area (Å²) in [6.45, 7) is 4.19. The lowest BCUT2D eigenvalue weighted by atomic mass is 10.0. The molecule has 0 aromatic heterocycles. The second kappa shape index (κ2) is 53.1. The van der Waals surface area contributed by atoms with E-state index in [1.165, 1.54) is 0 Å². The number of nitrogens with one attached hydrogen (secondary N) is 4. The predicted molar refractivity (Wildman–Crippen MR) is 254 cm³/mol. The highest BCUT2D eigenvalue weighted by Crippen LogP contribution is 2.11. The van der Waals surface area contributed by atoms with Crippen molar-refractivity contribution in [1.82, 2.24) is 21.3 Å². The van der Waals surface area contributed by atoms with E-state index in [0.717, 1.165) is 0 Å². The number of amides is 4. The Labute approximate surface area is 423 Å². The van der Waals surface area contributed by atoms with Crippen LogP contribution in [0.5, 0.6) is 0 Å². The molecule has 73 heavy (non-hydrogen) atoms. The maximum Gasteiger partial charge on any atom is 0.329 e. The number of aliphatic carboxylic acids is 1. The molecule has 5 N–H and O–H groups in total. The van der Waals surface area contributed by atoms with E-state index in [1.807, 2.05) is 0 Å². The summed E-state index contributed by atoms with van der Waals surface area (Å²) in [7, 11) is 0. The van der Waals surface area contributed by atoms with Gasteiger partial charge in [-0.3, -0.25) is 19.2 Å². The van der Waals surface area contributed by atoms with Crippen molar-refractivity contribution in [3.8, 4) is 0 Å². The lowest BCUT2D eigenvalue weighted by Crippen LogP contribution is -2.59. The van der Waals surface area contributed by atoms with Crippen LogP contribution in [0.1, 0.15) is 19.3 Å². The van der Waals surface area contributed by atoms with E-state index in [4.69, 9.17) is 83.3 Å². The van der Waals surface area contributed by atoms with E-state index in [1.54, 1.807) is 0 Å². The van der Waals surface area contributed by atoms with E-state index >= 15 is 0 Å². The van der Waals surface area contributed by atoms with Crippen molar-refractivity contribution in [1.29, 1.82) is 0 Å². The first-order valence-electron chi connectivity index (χ1n) is 23.5. The minimum Gasteiger partial charge on any atom is -0.480 e. The molecule has 0 rings (SSSR count). The van der Waals surface area contributed by atoms with E-state index in [-0.39, 0.29) is 156 Å². The van der Waals surface area contributed by atoms with Gasteiger partial charge in [-0.2, -0.15) is 0 Å². The molecule has 0 aliphatic carbocycles. The topological polar surface area (TPSA) is 420 Å². The number of azide groups is 3. The number of carboxylic acids is 1. The van der Waals surface area contributed by atoms with Crippen molar-refractivity contribution in [3.05, 3.63) is 31.3 Å². The normalized spacial score (nSPS) is 11.6. The van der Waals surface area contributed by atoms with Crippen molar-refractivity contribution >= 4 is 29.6 Å². The molecular formula is C41H75N13O19. The molecule has 32 nitrogen and oxygen atoms in total. The molecule has 0 aromatic rings. The van der Waals surface area contributed by atoms with E-state index in [2.05, 4.69) is 51.3 Å². The van der Waals surface area contributed by atoms with E-state index in [0.29, 0.717) is 79.3 Å². The molecule has 0 fully saturated rings. The summed E-state index contributed by atoms with van der Waals surface area (Å²) >= 11 is 0. The zero-order chi connectivity index (χ0) is 53.4. The molecule has 0 spiro atoms. The summed E-state index contributed by atoms with van der Waals surface area (Å²) in [5, 5.41) is 29.9. The first kappa shape index (κ1) is 67.8. The van der Waals surface area contributed by atoms with Crippen LogP contribution in [0.2, 0.25) is 0 Å². The third kappa shape index (κ3) is 50.1. The minimum absolute atomic E-state index is 0.0729. The van der Waals surface area contributed by atoms with E-state index < -0.39 is 30.6 Å². The molecule has 32 heteroatoms. The maximum absolute atomic E-state index is 13.1. The fraction of sp³-hybridized carbons (Fsp3) is 0.878. The fourth-order valence-electron chi connectivity index (χ4n) is 5.22. The van der Waals surface area contributed by atoms with Gasteiger partial charge in [0.2, 0.25) is 23.6 Å². The van der Waals surface area contributed by atoms with Crippen LogP contribution in [0.15, 0.2) is 15.3 Å². The van der Waals surface area contributed by atoms with Gasteiger partial charge in [-0.15, -0.1) is 0 Å². The van der Waals surface area contributed by atoms with Gasteiger partial charge >= 0.3 is 5.97 Å². The second-order valence-electron chi connectivity index (χ2n) is 14.5. The Balaban J connectivity index is 5.12. The Morgan fingerprint density at radius 2 is 0.658 bits per heavy atom. The van der Waals surface area contributed by atoms with Gasteiger partial charge in [0.05, 0.1) is 159 Å². The summed E-state index contributed by atoms with van der Waals surface area (Å²) in [6, 6.07) is 0. The number of hydrogen-bond donors (Lipinski definition) is 5. The minimum atomic E-state index is -1.47. The summed E-state index contributed by atoms with van der Waals surface area (Å²) in [6.07, 6.45) is -0.219. The Hall–Kier alpha value is -5.24. The largest absolute Gasteiger partial charge is 0.480 e. The number of rotatable bonds is 56. The smallest absolute Gasteiger partial charge is 0.329 e. The average Bonchev–Trinajstić information content (AvgIpc) is 3.37. The summed E-state index contributed by atoms with van der Waals surface area (Å²) in [5.74, 6) is -3.07. The van der Waals surface area contributed by atoms with Gasteiger partial charge in [0.15, 0.2) is 0 Å². The van der Waals surface area contributed by atoms with Crippen LogP contribution < -0.4 is 21.3 Å². The molecule has 0 saturated carbocycles. The van der Waals surface area contributed by atoms with Gasteiger partial charge in [0.25, 0.3) is 0 Å². The van der Waals surface area contributed by atoms with Gasteiger partial charge in [-0.05, 0) is 16.6 Å². The molecular weight excluding hydrogens is 979 g/mol. The third-order valence-corrected chi connectivity index (χ3v) is 8.55. The average molecular weight is 1050 g/mol. The number of carbonyl (C=O) groups is 5. The zero-order valence-electron chi connectivity index (χ0n) is 41.6. The van der Waals surface area contributed by atoms with Crippen molar-refractivity contribution in [2.24, 2.45) is 15.3 Å². The number of hydrogen-bond acceptors (Lipinski definition) is 21. The van der Waals surface area contributed by atoms with Crippen LogP contribution in [0, 0.1) is 0 Å². The standard InChI is InChI=1S/C41H75N13O19/c42-52-48-7-16-64-22-28-67-25-19-61-13-4-45-36(55)1-10-70-33-41(51-39(58)31-73-32-40(59)60,34-71-11-2-37(56)46-5-14-62-20-26-68-29-23-65-17-8-49-53-43)35-72-12-3-38(57)47-6-15-63-21-27-69-30-24-66-18-9-50-54-44/h1-35H2,(H,45,55)(H,46,56)(H,47,57)(H,51,58)(H,59,60). The molecule has 0 unspecified atom stereocenters. The van der Waals surface area contributed by atoms with Crippen molar-refractivity contribution < 1.29 is 90.7 Å². The first-order chi connectivity index (χ1) is 35.7. The van der Waals surface area contributed by atoms with Crippen LogP contribution in [0.4, 0.5) is 0 Å². The molecule has 418 valence electrons. The van der Waals surface area contributed by atoms with Crippen LogP contribution >= 0.6 is 0 Å². The number of ether oxygens (including phenoxy) is 13. The number of nitrogens with zero attached hydrogens (tertiary/aromatic N) is 9. The molecule has 0 atom stereocenters. The summed E-state index contributed by atoms with van der Waals surface area (Å²) < 4.78 is 70.8. The highest BCUT2D eigenvalue weighted by molar-refractivity contribution is 5.79. The van der Waals surface area contributed by atoms with Crippen LogP contribution in [0.25, 0.3) is 31.3 Å². The third-order valence-electron chi connectivity index (χ3n) is 8.55. The first-order valence-corrected chi connectivity index (χ1v) is 23.5. The SMILES string of the molecule is [N-]=[N+]=NCCOCCOCCOCCNC(=O)CCOCC(COCCC(=O)NCCOCCOCCOCCN=[N+]=[N-])(COCCC(=O)NCCOCCOCCOCCN=[N+]=[N-])NC(=O)COCC(=O)O. The van der Waals surface area contributed by atoms with Gasteiger partial charge in [-0.25, -0.2) is 4.79 Å². The molecule has 0 saturated heterocycles. The Kier molecular flexibility index (Phi) is 49.3. The van der Waals surface area contributed by atoms with Crippen LogP contribution in [-0.4, -0.2) is 251 Å². The number of carbonyl (C=O) groups excluding carboxylic acids is 4. The zero-order valence-corrected chi connectivity index (χ0v) is 41.6. The Bertz CT molecular complexity index is 1430. The van der Waals surface area contributed by atoms with Crippen LogP contribution in [-0.2, 0) is 85.6 Å². The van der Waals surface area contributed by atoms with Gasteiger partial charge in [0.1, 0.15) is 18.8 Å². The molecule has 4 amide bonds. The molecule has 0 aliphatic heterocycles. The van der Waals surface area contributed by atoms with Crippen molar-refractivity contribution in [3.63, 3.8) is 0 Å². The van der Waals surface area contributed by atoms with E-state index in [9.17, 15) is 24.0 Å².